The van der Waals surface area contributed by atoms with Gasteiger partial charge in [-0.2, -0.15) is 0 Å². The molecule has 1 amide bonds. The number of hydrogen-bond acceptors (Lipinski definition) is 3. The molecule has 116 valence electrons. The highest BCUT2D eigenvalue weighted by molar-refractivity contribution is 9.10. The van der Waals surface area contributed by atoms with Gasteiger partial charge in [-0.3, -0.25) is 4.79 Å². The Labute approximate surface area is 134 Å². The van der Waals surface area contributed by atoms with Crippen molar-refractivity contribution in [3.63, 3.8) is 0 Å². The molecular formula is C15H20BrNO3S. The van der Waals surface area contributed by atoms with Crippen LogP contribution in [0.5, 0.6) is 0 Å². The molecule has 2 rings (SSSR count). The SMILES string of the molecule is C[C@@H](c1ccc(Br)cc1)N(C)C(=O)C1CCS(=O)(=O)CC1. The maximum Gasteiger partial charge on any atom is 0.225 e. The summed E-state index contributed by atoms with van der Waals surface area (Å²) in [4.78, 5) is 14.2. The van der Waals surface area contributed by atoms with E-state index in [1.54, 1.807) is 11.9 Å². The van der Waals surface area contributed by atoms with E-state index in [1.807, 2.05) is 31.2 Å². The minimum atomic E-state index is -2.93. The van der Waals surface area contributed by atoms with Crippen LogP contribution in [0.2, 0.25) is 0 Å². The molecule has 1 saturated heterocycles. The van der Waals surface area contributed by atoms with E-state index >= 15 is 0 Å². The van der Waals surface area contributed by atoms with E-state index in [0.29, 0.717) is 12.8 Å². The first-order valence-corrected chi connectivity index (χ1v) is 9.64. The summed E-state index contributed by atoms with van der Waals surface area (Å²) in [5.41, 5.74) is 1.07. The van der Waals surface area contributed by atoms with Gasteiger partial charge in [-0.1, -0.05) is 28.1 Å². The first kappa shape index (κ1) is 16.5. The lowest BCUT2D eigenvalue weighted by atomic mass is 9.99. The van der Waals surface area contributed by atoms with Crippen molar-refractivity contribution in [2.75, 3.05) is 18.6 Å². The highest BCUT2D eigenvalue weighted by Crippen LogP contribution is 2.26. The van der Waals surface area contributed by atoms with Crippen molar-refractivity contribution < 1.29 is 13.2 Å². The molecule has 0 bridgehead atoms. The van der Waals surface area contributed by atoms with Gasteiger partial charge >= 0.3 is 0 Å². The quantitative estimate of drug-likeness (QED) is 0.818. The maximum absolute atomic E-state index is 12.5. The molecule has 1 heterocycles. The van der Waals surface area contributed by atoms with Crippen LogP contribution in [0.25, 0.3) is 0 Å². The number of nitrogens with zero attached hydrogens (tertiary/aromatic N) is 1. The van der Waals surface area contributed by atoms with Gasteiger partial charge in [-0.15, -0.1) is 0 Å². The van der Waals surface area contributed by atoms with Crippen LogP contribution in [0.4, 0.5) is 0 Å². The second-order valence-corrected chi connectivity index (χ2v) is 8.82. The average molecular weight is 374 g/mol. The summed E-state index contributed by atoms with van der Waals surface area (Å²) in [6.45, 7) is 1.99. The van der Waals surface area contributed by atoms with Crippen LogP contribution in [0, 0.1) is 5.92 Å². The lowest BCUT2D eigenvalue weighted by Gasteiger charge is -2.31. The molecule has 4 nitrogen and oxygen atoms in total. The first-order chi connectivity index (χ1) is 9.80. The van der Waals surface area contributed by atoms with E-state index < -0.39 is 9.84 Å². The molecule has 1 fully saturated rings. The van der Waals surface area contributed by atoms with Crippen molar-refractivity contribution in [2.45, 2.75) is 25.8 Å². The van der Waals surface area contributed by atoms with Crippen molar-refractivity contribution in [1.82, 2.24) is 4.90 Å². The zero-order chi connectivity index (χ0) is 15.6. The fraction of sp³-hybridized carbons (Fsp3) is 0.533. The van der Waals surface area contributed by atoms with E-state index in [2.05, 4.69) is 15.9 Å². The van der Waals surface area contributed by atoms with Crippen molar-refractivity contribution in [2.24, 2.45) is 5.92 Å². The summed E-state index contributed by atoms with van der Waals surface area (Å²) >= 11 is 3.40. The Morgan fingerprint density at radius 1 is 1.24 bits per heavy atom. The van der Waals surface area contributed by atoms with Crippen LogP contribution >= 0.6 is 15.9 Å². The number of rotatable bonds is 3. The number of sulfone groups is 1. The summed E-state index contributed by atoms with van der Waals surface area (Å²) in [7, 11) is -1.14. The van der Waals surface area contributed by atoms with Crippen LogP contribution in [0.1, 0.15) is 31.4 Å². The molecule has 0 unspecified atom stereocenters. The molecule has 1 aromatic rings. The molecule has 0 radical (unpaired) electrons. The molecule has 0 saturated carbocycles. The van der Waals surface area contributed by atoms with E-state index in [9.17, 15) is 13.2 Å². The number of halogens is 1. The zero-order valence-electron chi connectivity index (χ0n) is 12.3. The standard InChI is InChI=1S/C15H20BrNO3S/c1-11(12-3-5-14(16)6-4-12)17(2)15(18)13-7-9-21(19,20)10-8-13/h3-6,11,13H,7-10H2,1-2H3/t11-/m0/s1. The van der Waals surface area contributed by atoms with Crippen LogP contribution in [-0.2, 0) is 14.6 Å². The van der Waals surface area contributed by atoms with Gasteiger partial charge < -0.3 is 4.90 Å². The number of benzene rings is 1. The second kappa shape index (κ2) is 6.48. The zero-order valence-corrected chi connectivity index (χ0v) is 14.7. The molecule has 21 heavy (non-hydrogen) atoms. The molecule has 0 aromatic heterocycles. The summed E-state index contributed by atoms with van der Waals surface area (Å²) in [5, 5.41) is 0. The summed E-state index contributed by atoms with van der Waals surface area (Å²) < 4.78 is 23.9. The van der Waals surface area contributed by atoms with Gasteiger partial charge in [0.05, 0.1) is 17.5 Å². The summed E-state index contributed by atoms with van der Waals surface area (Å²) in [5.74, 6) is 0.130. The van der Waals surface area contributed by atoms with E-state index in [-0.39, 0.29) is 29.4 Å². The molecule has 0 N–H and O–H groups in total. The Balaban J connectivity index is 2.03. The molecule has 0 spiro atoms. The lowest BCUT2D eigenvalue weighted by Crippen LogP contribution is -2.38. The number of hydrogen-bond donors (Lipinski definition) is 0. The Morgan fingerprint density at radius 2 is 1.76 bits per heavy atom. The fourth-order valence-electron chi connectivity index (χ4n) is 2.58. The normalized spacial score (nSPS) is 20.0. The Hall–Kier alpha value is -0.880. The Bertz CT molecular complexity index is 598. The van der Waals surface area contributed by atoms with Crippen LogP contribution in [0.15, 0.2) is 28.7 Å². The molecule has 1 aromatic carbocycles. The van der Waals surface area contributed by atoms with Gasteiger partial charge in [-0.05, 0) is 37.5 Å². The molecule has 6 heteroatoms. The molecular weight excluding hydrogens is 354 g/mol. The second-order valence-electron chi connectivity index (χ2n) is 5.60. The highest BCUT2D eigenvalue weighted by Gasteiger charge is 2.31. The minimum Gasteiger partial charge on any atom is -0.339 e. The smallest absolute Gasteiger partial charge is 0.225 e. The van der Waals surface area contributed by atoms with Crippen molar-refractivity contribution in [3.8, 4) is 0 Å². The van der Waals surface area contributed by atoms with Crippen molar-refractivity contribution in [3.05, 3.63) is 34.3 Å². The van der Waals surface area contributed by atoms with Crippen LogP contribution < -0.4 is 0 Å². The van der Waals surface area contributed by atoms with Gasteiger partial charge in [0.15, 0.2) is 0 Å². The van der Waals surface area contributed by atoms with E-state index in [0.717, 1.165) is 10.0 Å². The number of carbonyl (C=O) groups excluding carboxylic acids is 1. The third kappa shape index (κ3) is 4.07. The molecule has 1 aliphatic heterocycles. The van der Waals surface area contributed by atoms with Crippen LogP contribution in [-0.4, -0.2) is 37.8 Å². The Morgan fingerprint density at radius 3 is 2.29 bits per heavy atom. The third-order valence-electron chi connectivity index (χ3n) is 4.18. The van der Waals surface area contributed by atoms with Gasteiger partial charge in [0.1, 0.15) is 9.84 Å². The predicted molar refractivity (Wildman–Crippen MR) is 86.7 cm³/mol. The predicted octanol–water partition coefficient (Wildman–Crippen LogP) is 2.79. The molecule has 1 aliphatic rings. The fourth-order valence-corrected chi connectivity index (χ4v) is 4.34. The Kier molecular flexibility index (Phi) is 5.09. The van der Waals surface area contributed by atoms with Gasteiger partial charge in [0.2, 0.25) is 5.91 Å². The van der Waals surface area contributed by atoms with Gasteiger partial charge in [-0.25, -0.2) is 8.42 Å². The van der Waals surface area contributed by atoms with Crippen molar-refractivity contribution >= 4 is 31.7 Å². The monoisotopic (exact) mass is 373 g/mol. The summed E-state index contributed by atoms with van der Waals surface area (Å²) in [6.07, 6.45) is 0.886. The average Bonchev–Trinajstić information content (AvgIpc) is 2.46. The van der Waals surface area contributed by atoms with Crippen molar-refractivity contribution in [1.29, 1.82) is 0 Å². The largest absolute Gasteiger partial charge is 0.339 e. The van der Waals surface area contributed by atoms with E-state index in [1.165, 1.54) is 0 Å². The topological polar surface area (TPSA) is 54.5 Å². The maximum atomic E-state index is 12.5. The van der Waals surface area contributed by atoms with E-state index in [4.69, 9.17) is 0 Å². The molecule has 1 atom stereocenters. The first-order valence-electron chi connectivity index (χ1n) is 7.03. The molecule has 0 aliphatic carbocycles. The lowest BCUT2D eigenvalue weighted by molar-refractivity contribution is -0.136. The third-order valence-corrected chi connectivity index (χ3v) is 6.43. The van der Waals surface area contributed by atoms with Crippen LogP contribution in [0.3, 0.4) is 0 Å². The highest BCUT2D eigenvalue weighted by atomic mass is 79.9. The summed E-state index contributed by atoms with van der Waals surface area (Å²) in [6, 6.07) is 7.87. The number of amides is 1. The van der Waals surface area contributed by atoms with Gasteiger partial charge in [0.25, 0.3) is 0 Å². The minimum absolute atomic E-state index is 0.0240. The number of carbonyl (C=O) groups is 1. The van der Waals surface area contributed by atoms with Gasteiger partial charge in [0, 0.05) is 17.4 Å².